The van der Waals surface area contributed by atoms with E-state index in [1.54, 1.807) is 16.2 Å². The van der Waals surface area contributed by atoms with Crippen LogP contribution in [0.1, 0.15) is 68.3 Å². The zero-order valence-corrected chi connectivity index (χ0v) is 25.0. The summed E-state index contributed by atoms with van der Waals surface area (Å²) in [6, 6.07) is 13.7. The first-order chi connectivity index (χ1) is 20.8. The molecule has 4 heterocycles. The molecule has 0 bridgehead atoms. The van der Waals surface area contributed by atoms with Crippen molar-refractivity contribution in [3.05, 3.63) is 58.9 Å². The molecule has 4 aromatic rings. The second-order valence-corrected chi connectivity index (χ2v) is 12.8. The van der Waals surface area contributed by atoms with Crippen LogP contribution in [0.15, 0.2) is 47.0 Å². The SMILES string of the molecule is CC1CN(Cc2ccc(-c3nc(C4CC(=O)N(C5CC5)C4)no3)cc2Oc2ccc(-c3nnc(C(C)C)s3)cc2)C(=O)O1. The quantitative estimate of drug-likeness (QED) is 0.228. The van der Waals surface area contributed by atoms with E-state index in [0.717, 1.165) is 34.0 Å². The first-order valence-electron chi connectivity index (χ1n) is 14.6. The molecule has 7 rings (SSSR count). The Bertz CT molecular complexity index is 1660. The van der Waals surface area contributed by atoms with Crippen molar-refractivity contribution in [2.24, 2.45) is 0 Å². The first-order valence-corrected chi connectivity index (χ1v) is 15.5. The highest BCUT2D eigenvalue weighted by Crippen LogP contribution is 2.37. The molecule has 12 heteroatoms. The van der Waals surface area contributed by atoms with Gasteiger partial charge in [0.1, 0.15) is 27.6 Å². The van der Waals surface area contributed by atoms with E-state index in [-0.39, 0.29) is 24.0 Å². The molecule has 1 aliphatic carbocycles. The Labute approximate surface area is 252 Å². The average Bonchev–Trinajstić information content (AvgIpc) is 3.34. The zero-order chi connectivity index (χ0) is 29.7. The van der Waals surface area contributed by atoms with Gasteiger partial charge in [-0.15, -0.1) is 10.2 Å². The minimum Gasteiger partial charge on any atom is -0.457 e. The molecule has 0 radical (unpaired) electrons. The number of benzene rings is 2. The Morgan fingerprint density at radius 1 is 1.05 bits per heavy atom. The summed E-state index contributed by atoms with van der Waals surface area (Å²) in [7, 11) is 0. The fraction of sp³-hybridized carbons (Fsp3) is 0.419. The van der Waals surface area contributed by atoms with Gasteiger partial charge in [0.25, 0.3) is 5.89 Å². The van der Waals surface area contributed by atoms with Crippen molar-refractivity contribution in [2.45, 2.75) is 70.6 Å². The molecule has 43 heavy (non-hydrogen) atoms. The molecule has 2 atom stereocenters. The highest BCUT2D eigenvalue weighted by atomic mass is 32.1. The van der Waals surface area contributed by atoms with Crippen LogP contribution in [0.2, 0.25) is 0 Å². The van der Waals surface area contributed by atoms with Crippen LogP contribution in [-0.2, 0) is 16.1 Å². The molecular weight excluding hydrogens is 568 g/mol. The van der Waals surface area contributed by atoms with Gasteiger partial charge in [-0.1, -0.05) is 36.4 Å². The van der Waals surface area contributed by atoms with Gasteiger partial charge in [0.05, 0.1) is 13.1 Å². The number of hydrogen-bond donors (Lipinski definition) is 0. The van der Waals surface area contributed by atoms with Crippen LogP contribution in [0, 0.1) is 0 Å². The van der Waals surface area contributed by atoms with Crippen LogP contribution in [0.3, 0.4) is 0 Å². The third-order valence-corrected chi connectivity index (χ3v) is 9.20. The second-order valence-electron chi connectivity index (χ2n) is 11.8. The molecule has 222 valence electrons. The largest absolute Gasteiger partial charge is 0.457 e. The maximum atomic E-state index is 12.5. The van der Waals surface area contributed by atoms with Gasteiger partial charge in [-0.2, -0.15) is 4.98 Å². The predicted octanol–water partition coefficient (Wildman–Crippen LogP) is 5.99. The minimum absolute atomic E-state index is 0.0769. The molecule has 0 spiro atoms. The summed E-state index contributed by atoms with van der Waals surface area (Å²) < 4.78 is 17.4. The van der Waals surface area contributed by atoms with Gasteiger partial charge in [-0.3, -0.25) is 4.79 Å². The summed E-state index contributed by atoms with van der Waals surface area (Å²) in [6.45, 7) is 7.53. The van der Waals surface area contributed by atoms with Crippen LogP contribution >= 0.6 is 11.3 Å². The Morgan fingerprint density at radius 2 is 1.84 bits per heavy atom. The maximum absolute atomic E-state index is 12.5. The standard InChI is InChI=1S/C31H32N6O5S/c1-17(2)29-33-34-30(43-29)19-6-10-24(11-7-19)41-25-12-20(4-5-21(25)15-36-14-18(3)40-31(36)39)28-32-27(35-42-28)22-13-26(38)37(16-22)23-8-9-23/h4-7,10-12,17-18,22-23H,8-9,13-16H2,1-3H3. The number of likely N-dealkylation sites (tertiary alicyclic amines) is 1. The molecule has 2 unspecified atom stereocenters. The Balaban J connectivity index is 1.14. The molecule has 3 fully saturated rings. The number of carbonyl (C=O) groups excluding carboxylic acids is 2. The molecule has 2 aliphatic heterocycles. The van der Waals surface area contributed by atoms with Crippen LogP contribution < -0.4 is 4.74 Å². The number of nitrogens with zero attached hydrogens (tertiary/aromatic N) is 6. The molecule has 11 nitrogen and oxygen atoms in total. The lowest BCUT2D eigenvalue weighted by Crippen LogP contribution is -2.27. The van der Waals surface area contributed by atoms with Crippen LogP contribution in [-0.4, -0.2) is 67.4 Å². The van der Waals surface area contributed by atoms with Gasteiger partial charge in [0.15, 0.2) is 5.82 Å². The van der Waals surface area contributed by atoms with Crippen molar-refractivity contribution in [3.63, 3.8) is 0 Å². The fourth-order valence-electron chi connectivity index (χ4n) is 5.46. The van der Waals surface area contributed by atoms with E-state index in [1.807, 2.05) is 54.3 Å². The summed E-state index contributed by atoms with van der Waals surface area (Å²) >= 11 is 1.58. The summed E-state index contributed by atoms with van der Waals surface area (Å²) in [6.07, 6.45) is 2.03. The number of aromatic nitrogens is 4. The lowest BCUT2D eigenvalue weighted by Gasteiger charge is -2.17. The number of ether oxygens (including phenoxy) is 2. The van der Waals surface area contributed by atoms with Gasteiger partial charge < -0.3 is 23.8 Å². The first kappa shape index (κ1) is 27.5. The predicted molar refractivity (Wildman–Crippen MR) is 158 cm³/mol. The van der Waals surface area contributed by atoms with Crippen molar-refractivity contribution in [3.8, 4) is 33.5 Å². The monoisotopic (exact) mass is 600 g/mol. The van der Waals surface area contributed by atoms with Crippen molar-refractivity contribution in [1.29, 1.82) is 0 Å². The van der Waals surface area contributed by atoms with Crippen molar-refractivity contribution in [2.75, 3.05) is 13.1 Å². The van der Waals surface area contributed by atoms with E-state index in [2.05, 4.69) is 34.2 Å². The van der Waals surface area contributed by atoms with Gasteiger partial charge in [-0.25, -0.2) is 4.79 Å². The van der Waals surface area contributed by atoms with Crippen LogP contribution in [0.25, 0.3) is 22.0 Å². The number of cyclic esters (lactones) is 1. The molecule has 0 N–H and O–H groups in total. The molecular formula is C31H32N6O5S. The summed E-state index contributed by atoms with van der Waals surface area (Å²) in [5.41, 5.74) is 2.46. The van der Waals surface area contributed by atoms with E-state index in [9.17, 15) is 9.59 Å². The molecule has 3 aliphatic rings. The number of hydrogen-bond acceptors (Lipinski definition) is 10. The van der Waals surface area contributed by atoms with Crippen molar-refractivity contribution >= 4 is 23.3 Å². The van der Waals surface area contributed by atoms with Gasteiger partial charge in [0, 0.05) is 47.5 Å². The summed E-state index contributed by atoms with van der Waals surface area (Å²) in [5, 5.41) is 14.7. The smallest absolute Gasteiger partial charge is 0.410 e. The molecule has 2 aromatic heterocycles. The van der Waals surface area contributed by atoms with Crippen LogP contribution in [0.4, 0.5) is 4.79 Å². The Kier molecular flexibility index (Phi) is 7.08. The lowest BCUT2D eigenvalue weighted by molar-refractivity contribution is -0.128. The van der Waals surface area contributed by atoms with Gasteiger partial charge in [0.2, 0.25) is 5.91 Å². The van der Waals surface area contributed by atoms with E-state index in [1.165, 1.54) is 0 Å². The lowest BCUT2D eigenvalue weighted by atomic mass is 10.1. The van der Waals surface area contributed by atoms with Crippen molar-refractivity contribution < 1.29 is 23.6 Å². The Morgan fingerprint density at radius 3 is 2.53 bits per heavy atom. The fourth-order valence-corrected chi connectivity index (χ4v) is 6.31. The van der Waals surface area contributed by atoms with E-state index < -0.39 is 0 Å². The molecule has 2 amide bonds. The summed E-state index contributed by atoms with van der Waals surface area (Å²) in [5.74, 6) is 2.49. The second kappa shape index (κ2) is 11.1. The third kappa shape index (κ3) is 5.71. The van der Waals surface area contributed by atoms with E-state index in [0.29, 0.717) is 66.8 Å². The molecule has 1 saturated carbocycles. The van der Waals surface area contributed by atoms with Crippen LogP contribution in [0.5, 0.6) is 11.5 Å². The van der Waals surface area contributed by atoms with E-state index >= 15 is 0 Å². The van der Waals surface area contributed by atoms with Gasteiger partial charge in [-0.05, 0) is 56.2 Å². The normalized spacial score (nSPS) is 20.4. The van der Waals surface area contributed by atoms with Gasteiger partial charge >= 0.3 is 6.09 Å². The zero-order valence-electron chi connectivity index (χ0n) is 24.2. The number of amides is 2. The average molecular weight is 601 g/mol. The minimum atomic E-state index is -0.349. The summed E-state index contributed by atoms with van der Waals surface area (Å²) in [4.78, 5) is 33.1. The number of carbonyl (C=O) groups is 2. The molecule has 2 aromatic carbocycles. The van der Waals surface area contributed by atoms with E-state index in [4.69, 9.17) is 14.0 Å². The number of rotatable bonds is 9. The highest BCUT2D eigenvalue weighted by Gasteiger charge is 2.41. The molecule has 2 saturated heterocycles. The topological polar surface area (TPSA) is 124 Å². The Hall–Kier alpha value is -4.32. The maximum Gasteiger partial charge on any atom is 0.410 e. The third-order valence-electron chi connectivity index (χ3n) is 7.93. The van der Waals surface area contributed by atoms with Crippen molar-refractivity contribution in [1.82, 2.24) is 30.1 Å². The highest BCUT2D eigenvalue weighted by molar-refractivity contribution is 7.14.